The zero-order chi connectivity index (χ0) is 14.1. The van der Waals surface area contributed by atoms with Crippen molar-refractivity contribution in [2.45, 2.75) is 19.4 Å². The molecule has 0 aliphatic carbocycles. The van der Waals surface area contributed by atoms with Crippen LogP contribution in [0.1, 0.15) is 22.7 Å². The molecule has 1 aliphatic rings. The Morgan fingerprint density at radius 1 is 1.00 bits per heavy atom. The van der Waals surface area contributed by atoms with Crippen molar-refractivity contribution >= 4 is 5.69 Å². The van der Waals surface area contributed by atoms with Crippen LogP contribution in [-0.2, 0) is 6.42 Å². The fourth-order valence-corrected chi connectivity index (χ4v) is 2.73. The van der Waals surface area contributed by atoms with Crippen LogP contribution in [0.5, 0.6) is 11.5 Å². The van der Waals surface area contributed by atoms with Crippen LogP contribution in [0, 0.1) is 6.92 Å². The fourth-order valence-electron chi connectivity index (χ4n) is 2.73. The molecule has 3 heteroatoms. The van der Waals surface area contributed by atoms with Gasteiger partial charge in [-0.3, -0.25) is 0 Å². The Hall–Kier alpha value is -2.16. The van der Waals surface area contributed by atoms with Crippen molar-refractivity contribution in [2.75, 3.05) is 19.5 Å². The normalized spacial score (nSPS) is 16.4. The second-order valence-corrected chi connectivity index (χ2v) is 5.18. The van der Waals surface area contributed by atoms with Gasteiger partial charge in [-0.2, -0.15) is 0 Å². The van der Waals surface area contributed by atoms with Crippen LogP contribution in [0.15, 0.2) is 36.4 Å². The molecule has 1 aliphatic heterocycles. The molecule has 20 heavy (non-hydrogen) atoms. The molecule has 3 nitrogen and oxygen atoms in total. The summed E-state index contributed by atoms with van der Waals surface area (Å²) in [7, 11) is 3.33. The maximum absolute atomic E-state index is 5.38. The van der Waals surface area contributed by atoms with Gasteiger partial charge in [-0.05, 0) is 48.2 Å². The van der Waals surface area contributed by atoms with Crippen LogP contribution in [-0.4, -0.2) is 14.2 Å². The van der Waals surface area contributed by atoms with Gasteiger partial charge in [0, 0.05) is 5.69 Å². The highest BCUT2D eigenvalue weighted by atomic mass is 16.5. The van der Waals surface area contributed by atoms with E-state index in [1.807, 2.05) is 6.07 Å². The molecule has 2 aromatic carbocycles. The molecule has 0 fully saturated rings. The van der Waals surface area contributed by atoms with Crippen molar-refractivity contribution < 1.29 is 9.47 Å². The van der Waals surface area contributed by atoms with Crippen LogP contribution in [0.2, 0.25) is 0 Å². The summed E-state index contributed by atoms with van der Waals surface area (Å²) in [6.45, 7) is 2.12. The minimum absolute atomic E-state index is 0.298. The average molecular weight is 269 g/mol. The first-order valence-corrected chi connectivity index (χ1v) is 6.79. The molecule has 3 rings (SSSR count). The van der Waals surface area contributed by atoms with Gasteiger partial charge in [0.05, 0.1) is 20.3 Å². The maximum atomic E-state index is 5.38. The number of ether oxygens (including phenoxy) is 2. The summed E-state index contributed by atoms with van der Waals surface area (Å²) in [6.07, 6.45) is 1.01. The highest BCUT2D eigenvalue weighted by Gasteiger charge is 2.22. The van der Waals surface area contributed by atoms with E-state index in [9.17, 15) is 0 Å². The minimum Gasteiger partial charge on any atom is -0.493 e. The maximum Gasteiger partial charge on any atom is 0.161 e. The van der Waals surface area contributed by atoms with Crippen molar-refractivity contribution in [1.82, 2.24) is 0 Å². The van der Waals surface area contributed by atoms with Gasteiger partial charge in [0.1, 0.15) is 0 Å². The van der Waals surface area contributed by atoms with Crippen LogP contribution >= 0.6 is 0 Å². The van der Waals surface area contributed by atoms with Crippen molar-refractivity contribution in [3.63, 3.8) is 0 Å². The Bertz CT molecular complexity index is 637. The van der Waals surface area contributed by atoms with E-state index in [0.29, 0.717) is 6.04 Å². The molecule has 2 aromatic rings. The summed E-state index contributed by atoms with van der Waals surface area (Å²) < 4.78 is 10.7. The average Bonchev–Trinajstić information content (AvgIpc) is 2.89. The van der Waals surface area contributed by atoms with Gasteiger partial charge in [-0.1, -0.05) is 18.2 Å². The zero-order valence-corrected chi connectivity index (χ0v) is 12.1. The number of hydrogen-bond donors (Lipinski definition) is 1. The number of methoxy groups -OCH3 is 2. The second-order valence-electron chi connectivity index (χ2n) is 5.18. The number of nitrogens with one attached hydrogen (secondary N) is 1. The highest BCUT2D eigenvalue weighted by Crippen LogP contribution is 2.37. The van der Waals surface area contributed by atoms with Crippen LogP contribution < -0.4 is 14.8 Å². The third-order valence-electron chi connectivity index (χ3n) is 3.83. The lowest BCUT2D eigenvalue weighted by atomic mass is 10.0. The lowest BCUT2D eigenvalue weighted by Crippen LogP contribution is -2.06. The van der Waals surface area contributed by atoms with E-state index in [2.05, 4.69) is 42.6 Å². The molecule has 0 bridgehead atoms. The molecule has 1 heterocycles. The molecule has 0 aromatic heterocycles. The number of fused-ring (bicyclic) bond motifs is 1. The molecule has 0 radical (unpaired) electrons. The first-order chi connectivity index (χ1) is 9.71. The van der Waals surface area contributed by atoms with Crippen molar-refractivity contribution in [3.05, 3.63) is 53.1 Å². The molecule has 0 saturated heterocycles. The van der Waals surface area contributed by atoms with Crippen LogP contribution in [0.25, 0.3) is 0 Å². The first kappa shape index (κ1) is 12.9. The van der Waals surface area contributed by atoms with E-state index in [1.54, 1.807) is 14.2 Å². The number of aryl methyl sites for hydroxylation is 1. The van der Waals surface area contributed by atoms with Gasteiger partial charge in [0.25, 0.3) is 0 Å². The number of hydrogen-bond acceptors (Lipinski definition) is 3. The lowest BCUT2D eigenvalue weighted by molar-refractivity contribution is 0.354. The SMILES string of the molecule is COc1ccc(C2Cc3ccc(C)cc3N2)cc1OC. The topological polar surface area (TPSA) is 30.5 Å². The number of benzene rings is 2. The van der Waals surface area contributed by atoms with Crippen molar-refractivity contribution in [1.29, 1.82) is 0 Å². The lowest BCUT2D eigenvalue weighted by Gasteiger charge is -2.15. The Morgan fingerprint density at radius 2 is 1.80 bits per heavy atom. The molecular weight excluding hydrogens is 250 g/mol. The molecule has 0 amide bonds. The third kappa shape index (κ3) is 2.20. The Balaban J connectivity index is 1.89. The molecule has 104 valence electrons. The largest absolute Gasteiger partial charge is 0.493 e. The van der Waals surface area contributed by atoms with Crippen molar-refractivity contribution in [2.24, 2.45) is 0 Å². The van der Waals surface area contributed by atoms with E-state index in [0.717, 1.165) is 17.9 Å². The Labute approximate surface area is 119 Å². The summed E-state index contributed by atoms with van der Waals surface area (Å²) in [5, 5.41) is 3.58. The second kappa shape index (κ2) is 5.08. The van der Waals surface area contributed by atoms with Gasteiger partial charge < -0.3 is 14.8 Å². The molecule has 1 N–H and O–H groups in total. The Morgan fingerprint density at radius 3 is 2.55 bits per heavy atom. The monoisotopic (exact) mass is 269 g/mol. The fraction of sp³-hybridized carbons (Fsp3) is 0.294. The van der Waals surface area contributed by atoms with Crippen molar-refractivity contribution in [3.8, 4) is 11.5 Å². The molecular formula is C17H19NO2. The van der Waals surface area contributed by atoms with Gasteiger partial charge >= 0.3 is 0 Å². The number of anilines is 1. The van der Waals surface area contributed by atoms with Gasteiger partial charge in [0.15, 0.2) is 11.5 Å². The van der Waals surface area contributed by atoms with E-state index < -0.39 is 0 Å². The van der Waals surface area contributed by atoms with E-state index >= 15 is 0 Å². The standard InChI is InChI=1S/C17H19NO2/c1-11-4-5-12-9-15(18-14(12)8-11)13-6-7-16(19-2)17(10-13)20-3/h4-8,10,15,18H,9H2,1-3H3. The molecule has 1 atom stereocenters. The van der Waals surface area contributed by atoms with E-state index in [4.69, 9.17) is 9.47 Å². The third-order valence-corrected chi connectivity index (χ3v) is 3.83. The van der Waals surface area contributed by atoms with Gasteiger partial charge in [-0.25, -0.2) is 0 Å². The smallest absolute Gasteiger partial charge is 0.161 e. The molecule has 0 spiro atoms. The first-order valence-electron chi connectivity index (χ1n) is 6.79. The highest BCUT2D eigenvalue weighted by molar-refractivity contribution is 5.60. The van der Waals surface area contributed by atoms with Gasteiger partial charge in [0.2, 0.25) is 0 Å². The summed E-state index contributed by atoms with van der Waals surface area (Å²) in [5.74, 6) is 1.54. The molecule has 0 saturated carbocycles. The van der Waals surface area contributed by atoms with Crippen LogP contribution in [0.3, 0.4) is 0 Å². The summed E-state index contributed by atoms with van der Waals surface area (Å²) in [5.41, 5.74) is 5.11. The van der Waals surface area contributed by atoms with E-state index in [1.165, 1.54) is 22.4 Å². The molecule has 1 unspecified atom stereocenters. The van der Waals surface area contributed by atoms with E-state index in [-0.39, 0.29) is 0 Å². The quantitative estimate of drug-likeness (QED) is 0.921. The summed E-state index contributed by atoms with van der Waals surface area (Å²) >= 11 is 0. The predicted molar refractivity (Wildman–Crippen MR) is 80.8 cm³/mol. The summed E-state index contributed by atoms with van der Waals surface area (Å²) in [6, 6.07) is 13.0. The summed E-state index contributed by atoms with van der Waals surface area (Å²) in [4.78, 5) is 0. The zero-order valence-electron chi connectivity index (χ0n) is 12.1. The predicted octanol–water partition coefficient (Wildman–Crippen LogP) is 3.72. The number of rotatable bonds is 3. The minimum atomic E-state index is 0.298. The van der Waals surface area contributed by atoms with Crippen LogP contribution in [0.4, 0.5) is 5.69 Å². The Kier molecular flexibility index (Phi) is 3.26. The van der Waals surface area contributed by atoms with Gasteiger partial charge in [-0.15, -0.1) is 0 Å².